The maximum Gasteiger partial charge on any atom is 0.274 e. The van der Waals surface area contributed by atoms with Crippen molar-refractivity contribution in [2.24, 2.45) is 7.05 Å². The van der Waals surface area contributed by atoms with Gasteiger partial charge in [-0.05, 0) is 49.4 Å². The molecule has 0 spiro atoms. The van der Waals surface area contributed by atoms with Crippen LogP contribution in [-0.2, 0) is 22.8 Å². The van der Waals surface area contributed by atoms with Gasteiger partial charge in [0.1, 0.15) is 5.75 Å². The Labute approximate surface area is 172 Å². The minimum atomic E-state index is -3.86. The maximum absolute atomic E-state index is 12.7. The van der Waals surface area contributed by atoms with Gasteiger partial charge in [0.2, 0.25) is 10.0 Å². The van der Waals surface area contributed by atoms with Crippen molar-refractivity contribution >= 4 is 32.5 Å². The SMILES string of the molecule is COc1ccc(C(=O)NO)cc1CS(=O)(=O)Nc1ccc2c(c1)cc(C)c(=O)n2C. The molecule has 10 heteroatoms. The molecule has 0 saturated carbocycles. The van der Waals surface area contributed by atoms with Gasteiger partial charge in [-0.3, -0.25) is 19.5 Å². The predicted molar refractivity (Wildman–Crippen MR) is 112 cm³/mol. The smallest absolute Gasteiger partial charge is 0.274 e. The largest absolute Gasteiger partial charge is 0.496 e. The minimum absolute atomic E-state index is 0.0885. The molecule has 3 rings (SSSR count). The van der Waals surface area contributed by atoms with Crippen LogP contribution in [-0.4, -0.2) is 31.2 Å². The van der Waals surface area contributed by atoms with Crippen molar-refractivity contribution in [1.82, 2.24) is 10.0 Å². The Kier molecular flexibility index (Phi) is 5.81. The second-order valence-electron chi connectivity index (χ2n) is 6.79. The van der Waals surface area contributed by atoms with E-state index in [-0.39, 0.29) is 16.7 Å². The van der Waals surface area contributed by atoms with Crippen LogP contribution in [0.5, 0.6) is 5.75 Å². The van der Waals surface area contributed by atoms with Crippen LogP contribution in [0.15, 0.2) is 47.3 Å². The highest BCUT2D eigenvalue weighted by molar-refractivity contribution is 7.91. The average molecular weight is 431 g/mol. The highest BCUT2D eigenvalue weighted by Crippen LogP contribution is 2.24. The van der Waals surface area contributed by atoms with Crippen LogP contribution in [0.3, 0.4) is 0 Å². The summed E-state index contributed by atoms with van der Waals surface area (Å²) in [5.74, 6) is -0.925. The molecule has 0 atom stereocenters. The van der Waals surface area contributed by atoms with Gasteiger partial charge in [0, 0.05) is 34.8 Å². The van der Waals surface area contributed by atoms with Crippen LogP contribution in [0.2, 0.25) is 0 Å². The lowest BCUT2D eigenvalue weighted by Gasteiger charge is -2.13. The van der Waals surface area contributed by atoms with Crippen LogP contribution in [0.1, 0.15) is 21.5 Å². The molecule has 2 aromatic carbocycles. The van der Waals surface area contributed by atoms with E-state index < -0.39 is 21.7 Å². The molecule has 1 amide bonds. The number of methoxy groups -OCH3 is 1. The molecule has 3 aromatic rings. The number of carbonyl (C=O) groups is 1. The predicted octanol–water partition coefficient (Wildman–Crippen LogP) is 1.92. The van der Waals surface area contributed by atoms with E-state index in [4.69, 9.17) is 9.94 Å². The van der Waals surface area contributed by atoms with Crippen molar-refractivity contribution in [2.45, 2.75) is 12.7 Å². The van der Waals surface area contributed by atoms with Gasteiger partial charge in [-0.2, -0.15) is 0 Å². The van der Waals surface area contributed by atoms with E-state index >= 15 is 0 Å². The van der Waals surface area contributed by atoms with Crippen molar-refractivity contribution in [3.05, 3.63) is 69.5 Å². The van der Waals surface area contributed by atoms with Crippen LogP contribution < -0.4 is 20.5 Å². The first-order chi connectivity index (χ1) is 14.1. The molecule has 30 heavy (non-hydrogen) atoms. The van der Waals surface area contributed by atoms with E-state index in [9.17, 15) is 18.0 Å². The summed E-state index contributed by atoms with van der Waals surface area (Å²) in [5.41, 5.74) is 3.30. The molecule has 0 bridgehead atoms. The number of sulfonamides is 1. The molecular weight excluding hydrogens is 410 g/mol. The highest BCUT2D eigenvalue weighted by atomic mass is 32.2. The summed E-state index contributed by atoms with van der Waals surface area (Å²) in [6.07, 6.45) is 0. The van der Waals surface area contributed by atoms with Crippen molar-refractivity contribution in [3.63, 3.8) is 0 Å². The van der Waals surface area contributed by atoms with Gasteiger partial charge in [-0.15, -0.1) is 0 Å². The van der Waals surface area contributed by atoms with E-state index in [1.165, 1.54) is 35.4 Å². The Morgan fingerprint density at radius 1 is 1.17 bits per heavy atom. The Morgan fingerprint density at radius 3 is 2.57 bits per heavy atom. The summed E-state index contributed by atoms with van der Waals surface area (Å²) < 4.78 is 34.7. The molecular formula is C20H21N3O6S. The number of ether oxygens (including phenoxy) is 1. The van der Waals surface area contributed by atoms with Crippen molar-refractivity contribution in [1.29, 1.82) is 0 Å². The molecule has 3 N–H and O–H groups in total. The molecule has 9 nitrogen and oxygen atoms in total. The molecule has 0 radical (unpaired) electrons. The first-order valence-corrected chi connectivity index (χ1v) is 10.5. The quantitative estimate of drug-likeness (QED) is 0.404. The molecule has 0 unspecified atom stereocenters. The van der Waals surface area contributed by atoms with Gasteiger partial charge in [-0.1, -0.05) is 0 Å². The first-order valence-electron chi connectivity index (χ1n) is 8.87. The molecule has 1 heterocycles. The summed E-state index contributed by atoms with van der Waals surface area (Å²) >= 11 is 0. The van der Waals surface area contributed by atoms with E-state index in [0.29, 0.717) is 27.9 Å². The number of benzene rings is 2. The summed E-state index contributed by atoms with van der Waals surface area (Å²) in [7, 11) is -0.814. The van der Waals surface area contributed by atoms with E-state index in [1.54, 1.807) is 38.2 Å². The number of anilines is 1. The molecule has 0 aliphatic rings. The standard InChI is InChI=1S/C20H21N3O6S/c1-12-8-14-10-16(5-6-17(14)23(2)20(12)25)22-30(27,28)11-15-9-13(19(24)21-26)4-7-18(15)29-3/h4-10,22,26H,11H2,1-3H3,(H,21,24). The lowest BCUT2D eigenvalue weighted by molar-refractivity contribution is 0.0706. The number of rotatable bonds is 6. The summed E-state index contributed by atoms with van der Waals surface area (Å²) in [5, 5.41) is 9.51. The second kappa shape index (κ2) is 8.17. The fourth-order valence-electron chi connectivity index (χ4n) is 3.23. The fourth-order valence-corrected chi connectivity index (χ4v) is 4.42. The Bertz CT molecular complexity index is 1300. The van der Waals surface area contributed by atoms with Gasteiger partial charge < -0.3 is 9.30 Å². The number of aryl methyl sites for hydroxylation is 2. The molecule has 0 saturated heterocycles. The van der Waals surface area contributed by atoms with Crippen molar-refractivity contribution in [2.75, 3.05) is 11.8 Å². The summed E-state index contributed by atoms with van der Waals surface area (Å²) in [6, 6.07) is 10.8. The summed E-state index contributed by atoms with van der Waals surface area (Å²) in [4.78, 5) is 23.7. The lowest BCUT2D eigenvalue weighted by atomic mass is 10.1. The van der Waals surface area contributed by atoms with E-state index in [2.05, 4.69) is 4.72 Å². The number of carbonyl (C=O) groups excluding carboxylic acids is 1. The van der Waals surface area contributed by atoms with Gasteiger partial charge in [0.05, 0.1) is 18.4 Å². The van der Waals surface area contributed by atoms with Gasteiger partial charge in [-0.25, -0.2) is 13.9 Å². The van der Waals surface area contributed by atoms with Crippen LogP contribution >= 0.6 is 0 Å². The van der Waals surface area contributed by atoms with Gasteiger partial charge >= 0.3 is 0 Å². The third-order valence-electron chi connectivity index (χ3n) is 4.67. The Balaban J connectivity index is 1.93. The number of hydrogen-bond donors (Lipinski definition) is 3. The molecule has 158 valence electrons. The zero-order valence-corrected chi connectivity index (χ0v) is 17.4. The molecule has 1 aromatic heterocycles. The zero-order chi connectivity index (χ0) is 22.1. The van der Waals surface area contributed by atoms with E-state index in [1.807, 2.05) is 0 Å². The lowest BCUT2D eigenvalue weighted by Crippen LogP contribution is -2.20. The second-order valence-corrected chi connectivity index (χ2v) is 8.52. The Hall–Kier alpha value is -3.37. The first kappa shape index (κ1) is 21.3. The fraction of sp³-hybridized carbons (Fsp3) is 0.200. The average Bonchev–Trinajstić information content (AvgIpc) is 2.70. The molecule has 0 fully saturated rings. The van der Waals surface area contributed by atoms with Crippen LogP contribution in [0.4, 0.5) is 5.69 Å². The summed E-state index contributed by atoms with van der Waals surface area (Å²) in [6.45, 7) is 1.69. The van der Waals surface area contributed by atoms with Crippen LogP contribution in [0.25, 0.3) is 10.9 Å². The number of amides is 1. The monoisotopic (exact) mass is 431 g/mol. The number of fused-ring (bicyclic) bond motifs is 1. The van der Waals surface area contributed by atoms with Crippen molar-refractivity contribution < 1.29 is 23.2 Å². The normalized spacial score (nSPS) is 11.3. The number of hydroxylamine groups is 1. The number of nitrogens with one attached hydrogen (secondary N) is 2. The number of hydrogen-bond acceptors (Lipinski definition) is 6. The zero-order valence-electron chi connectivity index (χ0n) is 16.6. The number of aromatic nitrogens is 1. The van der Waals surface area contributed by atoms with E-state index in [0.717, 1.165) is 0 Å². The third-order valence-corrected chi connectivity index (χ3v) is 5.90. The highest BCUT2D eigenvalue weighted by Gasteiger charge is 2.18. The van der Waals surface area contributed by atoms with Gasteiger partial charge in [0.15, 0.2) is 0 Å². The molecule has 0 aliphatic heterocycles. The maximum atomic E-state index is 12.7. The van der Waals surface area contributed by atoms with Gasteiger partial charge in [0.25, 0.3) is 11.5 Å². The minimum Gasteiger partial charge on any atom is -0.496 e. The van der Waals surface area contributed by atoms with Crippen molar-refractivity contribution in [3.8, 4) is 5.75 Å². The number of pyridine rings is 1. The topological polar surface area (TPSA) is 127 Å². The van der Waals surface area contributed by atoms with Crippen LogP contribution in [0, 0.1) is 6.92 Å². The number of nitrogens with zero attached hydrogens (tertiary/aromatic N) is 1. The molecule has 0 aliphatic carbocycles. The Morgan fingerprint density at radius 2 is 1.90 bits per heavy atom. The third kappa shape index (κ3) is 4.29.